The predicted molar refractivity (Wildman–Crippen MR) is 96.4 cm³/mol. The second kappa shape index (κ2) is 8.19. The fourth-order valence-electron chi connectivity index (χ4n) is 2.21. The third-order valence-corrected chi connectivity index (χ3v) is 3.91. The molecule has 24 heavy (non-hydrogen) atoms. The summed E-state index contributed by atoms with van der Waals surface area (Å²) >= 11 is 6.05. The van der Waals surface area contributed by atoms with Crippen molar-refractivity contribution in [2.45, 2.75) is 13.5 Å². The second-order valence-electron chi connectivity index (χ2n) is 5.42. The topological polar surface area (TPSA) is 56.1 Å². The highest BCUT2D eigenvalue weighted by Crippen LogP contribution is 2.23. The minimum absolute atomic E-state index is 0.0350. The standard InChI is InChI=1S/C19H18ClN3O/c1-14-17(20)9-6-10-18(14)22-19(24)16(11-21)13-23(2)12-15-7-4-3-5-8-15/h3-10,13H,12H2,1-2H3,(H,22,24)/b16-13-. The van der Waals surface area contributed by atoms with Crippen molar-refractivity contribution in [1.82, 2.24) is 4.90 Å². The van der Waals surface area contributed by atoms with Crippen molar-refractivity contribution < 1.29 is 4.79 Å². The molecule has 5 heteroatoms. The number of amides is 1. The van der Waals surface area contributed by atoms with Gasteiger partial charge in [0.25, 0.3) is 5.91 Å². The number of nitrogens with one attached hydrogen (secondary N) is 1. The van der Waals surface area contributed by atoms with Crippen molar-refractivity contribution in [2.75, 3.05) is 12.4 Å². The van der Waals surface area contributed by atoms with E-state index in [-0.39, 0.29) is 5.57 Å². The molecule has 0 atom stereocenters. The van der Waals surface area contributed by atoms with Crippen LogP contribution in [0.4, 0.5) is 5.69 Å². The van der Waals surface area contributed by atoms with Gasteiger partial charge in [-0.15, -0.1) is 0 Å². The molecular weight excluding hydrogens is 322 g/mol. The lowest BCUT2D eigenvalue weighted by molar-refractivity contribution is -0.112. The van der Waals surface area contributed by atoms with E-state index in [1.54, 1.807) is 29.3 Å². The molecule has 2 rings (SSSR count). The van der Waals surface area contributed by atoms with Crippen LogP contribution in [0.5, 0.6) is 0 Å². The van der Waals surface area contributed by atoms with Gasteiger partial charge in [-0.25, -0.2) is 0 Å². The fraction of sp³-hybridized carbons (Fsp3) is 0.158. The maximum absolute atomic E-state index is 12.3. The Labute approximate surface area is 147 Å². The first kappa shape index (κ1) is 17.6. The molecular formula is C19H18ClN3O. The van der Waals surface area contributed by atoms with Gasteiger partial charge in [-0.3, -0.25) is 4.79 Å². The number of halogens is 1. The molecule has 0 bridgehead atoms. The summed E-state index contributed by atoms with van der Waals surface area (Å²) in [6.45, 7) is 2.42. The number of nitriles is 1. The Kier molecular flexibility index (Phi) is 6.00. The van der Waals surface area contributed by atoms with E-state index in [4.69, 9.17) is 11.6 Å². The van der Waals surface area contributed by atoms with E-state index in [9.17, 15) is 10.1 Å². The third-order valence-electron chi connectivity index (χ3n) is 3.51. The van der Waals surface area contributed by atoms with Crippen LogP contribution in [0, 0.1) is 18.3 Å². The predicted octanol–water partition coefficient (Wildman–Crippen LogP) is 4.13. The van der Waals surface area contributed by atoms with Crippen LogP contribution in [0.3, 0.4) is 0 Å². The molecule has 2 aromatic rings. The average Bonchev–Trinajstić information content (AvgIpc) is 2.57. The zero-order valence-electron chi connectivity index (χ0n) is 13.6. The Hall–Kier alpha value is -2.77. The SMILES string of the molecule is Cc1c(Cl)cccc1NC(=O)/C(C#N)=C\N(C)Cc1ccccc1. The Morgan fingerprint density at radius 1 is 1.25 bits per heavy atom. The maximum atomic E-state index is 12.3. The number of rotatable bonds is 5. The molecule has 2 aromatic carbocycles. The van der Waals surface area contributed by atoms with Crippen molar-refractivity contribution >= 4 is 23.2 Å². The molecule has 1 N–H and O–H groups in total. The molecule has 0 saturated carbocycles. The van der Waals surface area contributed by atoms with Gasteiger partial charge in [0.05, 0.1) is 0 Å². The number of carbonyl (C=O) groups is 1. The first-order valence-corrected chi connectivity index (χ1v) is 7.81. The Morgan fingerprint density at radius 2 is 1.96 bits per heavy atom. The second-order valence-corrected chi connectivity index (χ2v) is 5.83. The van der Waals surface area contributed by atoms with Gasteiger partial charge in [-0.05, 0) is 30.2 Å². The monoisotopic (exact) mass is 339 g/mol. The van der Waals surface area contributed by atoms with Gasteiger partial charge >= 0.3 is 0 Å². The smallest absolute Gasteiger partial charge is 0.267 e. The van der Waals surface area contributed by atoms with E-state index in [1.807, 2.05) is 50.4 Å². The zero-order chi connectivity index (χ0) is 17.5. The molecule has 0 aliphatic rings. The van der Waals surface area contributed by atoms with E-state index in [0.717, 1.165) is 11.1 Å². The molecule has 0 aliphatic carbocycles. The van der Waals surface area contributed by atoms with Crippen LogP contribution in [0.15, 0.2) is 60.3 Å². The van der Waals surface area contributed by atoms with E-state index in [0.29, 0.717) is 17.3 Å². The van der Waals surface area contributed by atoms with Crippen molar-refractivity contribution in [3.8, 4) is 6.07 Å². The number of hydrogen-bond acceptors (Lipinski definition) is 3. The van der Waals surface area contributed by atoms with Crippen LogP contribution >= 0.6 is 11.6 Å². The number of anilines is 1. The van der Waals surface area contributed by atoms with E-state index < -0.39 is 5.91 Å². The van der Waals surface area contributed by atoms with Gasteiger partial charge in [-0.2, -0.15) is 5.26 Å². The normalized spacial score (nSPS) is 10.8. The van der Waals surface area contributed by atoms with Gasteiger partial charge in [0.1, 0.15) is 11.6 Å². The number of hydrogen-bond donors (Lipinski definition) is 1. The molecule has 0 saturated heterocycles. The third kappa shape index (κ3) is 4.61. The molecule has 4 nitrogen and oxygen atoms in total. The molecule has 1 amide bonds. The zero-order valence-corrected chi connectivity index (χ0v) is 14.3. The van der Waals surface area contributed by atoms with Crippen LogP contribution in [0.2, 0.25) is 5.02 Å². The quantitative estimate of drug-likeness (QED) is 0.658. The molecule has 0 heterocycles. The van der Waals surface area contributed by atoms with Crippen LogP contribution < -0.4 is 5.32 Å². The Morgan fingerprint density at radius 3 is 2.62 bits per heavy atom. The summed E-state index contributed by atoms with van der Waals surface area (Å²) in [7, 11) is 1.82. The summed E-state index contributed by atoms with van der Waals surface area (Å²) in [6, 6.07) is 17.0. The van der Waals surface area contributed by atoms with Crippen molar-refractivity contribution in [3.63, 3.8) is 0 Å². The first-order valence-electron chi connectivity index (χ1n) is 7.44. The van der Waals surface area contributed by atoms with Gasteiger partial charge < -0.3 is 10.2 Å². The van der Waals surface area contributed by atoms with Crippen molar-refractivity contribution in [3.05, 3.63) is 76.5 Å². The Balaban J connectivity index is 2.10. The van der Waals surface area contributed by atoms with E-state index >= 15 is 0 Å². The minimum Gasteiger partial charge on any atom is -0.375 e. The van der Waals surface area contributed by atoms with E-state index in [2.05, 4.69) is 5.32 Å². The molecule has 0 fully saturated rings. The number of nitrogens with zero attached hydrogens (tertiary/aromatic N) is 2. The average molecular weight is 340 g/mol. The summed E-state index contributed by atoms with van der Waals surface area (Å²) in [4.78, 5) is 14.1. The van der Waals surface area contributed by atoms with Gasteiger partial charge in [0, 0.05) is 30.5 Å². The van der Waals surface area contributed by atoms with Gasteiger partial charge in [0.2, 0.25) is 0 Å². The van der Waals surface area contributed by atoms with Crippen molar-refractivity contribution in [1.29, 1.82) is 5.26 Å². The van der Waals surface area contributed by atoms with Crippen LogP contribution in [0.1, 0.15) is 11.1 Å². The van der Waals surface area contributed by atoms with Crippen molar-refractivity contribution in [2.24, 2.45) is 0 Å². The van der Waals surface area contributed by atoms with Gasteiger partial charge in [0.15, 0.2) is 0 Å². The first-order chi connectivity index (χ1) is 11.5. The largest absolute Gasteiger partial charge is 0.375 e. The highest BCUT2D eigenvalue weighted by atomic mass is 35.5. The highest BCUT2D eigenvalue weighted by Gasteiger charge is 2.12. The van der Waals surface area contributed by atoms with Crippen LogP contribution in [-0.4, -0.2) is 17.9 Å². The lowest BCUT2D eigenvalue weighted by atomic mass is 10.2. The Bertz CT molecular complexity index is 794. The summed E-state index contributed by atoms with van der Waals surface area (Å²) < 4.78 is 0. The molecule has 0 aliphatic heterocycles. The highest BCUT2D eigenvalue weighted by molar-refractivity contribution is 6.31. The summed E-state index contributed by atoms with van der Waals surface area (Å²) in [5.74, 6) is -0.456. The van der Waals surface area contributed by atoms with Crippen LogP contribution in [-0.2, 0) is 11.3 Å². The van der Waals surface area contributed by atoms with Gasteiger partial charge in [-0.1, -0.05) is 48.0 Å². The summed E-state index contributed by atoms with van der Waals surface area (Å²) in [5.41, 5.74) is 2.49. The summed E-state index contributed by atoms with van der Waals surface area (Å²) in [5, 5.41) is 12.6. The fourth-order valence-corrected chi connectivity index (χ4v) is 2.38. The lowest BCUT2D eigenvalue weighted by Crippen LogP contribution is -2.18. The molecule has 0 aromatic heterocycles. The molecule has 122 valence electrons. The lowest BCUT2D eigenvalue weighted by Gasteiger charge is -2.15. The molecule has 0 radical (unpaired) electrons. The van der Waals surface area contributed by atoms with Crippen LogP contribution in [0.25, 0.3) is 0 Å². The van der Waals surface area contributed by atoms with E-state index in [1.165, 1.54) is 0 Å². The maximum Gasteiger partial charge on any atom is 0.267 e. The molecule has 0 spiro atoms. The number of carbonyl (C=O) groups excluding carboxylic acids is 1. The summed E-state index contributed by atoms with van der Waals surface area (Å²) in [6.07, 6.45) is 1.54. The minimum atomic E-state index is -0.456. The number of benzene rings is 2. The molecule has 0 unspecified atom stereocenters.